The highest BCUT2D eigenvalue weighted by atomic mass is 32.2. The number of nitrogens with zero attached hydrogens (tertiary/aromatic N) is 2. The quantitative estimate of drug-likeness (QED) is 0.786. The second-order valence-corrected chi connectivity index (χ2v) is 8.53. The number of hydrogen-bond donors (Lipinski definition) is 0. The van der Waals surface area contributed by atoms with Crippen molar-refractivity contribution in [3.05, 3.63) is 47.5 Å². The Morgan fingerprint density at radius 1 is 0.926 bits per heavy atom. The van der Waals surface area contributed by atoms with Crippen LogP contribution in [0, 0.1) is 13.8 Å². The molecule has 0 bridgehead atoms. The van der Waals surface area contributed by atoms with E-state index < -0.39 is 10.0 Å². The van der Waals surface area contributed by atoms with E-state index in [9.17, 15) is 8.42 Å². The van der Waals surface area contributed by atoms with Crippen LogP contribution in [0.4, 0.5) is 5.69 Å². The van der Waals surface area contributed by atoms with Crippen LogP contribution in [-0.4, -0.2) is 53.1 Å². The molecule has 0 spiro atoms. The summed E-state index contributed by atoms with van der Waals surface area (Å²) in [5.74, 6) is 0.816. The fraction of sp³-hybridized carbons (Fsp3) is 0.400. The summed E-state index contributed by atoms with van der Waals surface area (Å²) in [5.41, 5.74) is 3.65. The van der Waals surface area contributed by atoms with E-state index in [-0.39, 0.29) is 4.90 Å². The van der Waals surface area contributed by atoms with Crippen molar-refractivity contribution in [2.75, 3.05) is 45.3 Å². The number of methoxy groups -OCH3 is 2. The van der Waals surface area contributed by atoms with Gasteiger partial charge in [0.1, 0.15) is 16.4 Å². The first-order chi connectivity index (χ1) is 12.9. The van der Waals surface area contributed by atoms with E-state index in [0.29, 0.717) is 37.7 Å². The Labute approximate surface area is 161 Å². The van der Waals surface area contributed by atoms with Gasteiger partial charge in [0.05, 0.1) is 14.2 Å². The maximum Gasteiger partial charge on any atom is 0.247 e. The van der Waals surface area contributed by atoms with E-state index in [1.807, 2.05) is 6.07 Å². The van der Waals surface area contributed by atoms with Crippen LogP contribution in [0.5, 0.6) is 11.5 Å². The summed E-state index contributed by atoms with van der Waals surface area (Å²) in [7, 11) is -0.673. The molecule has 0 aromatic heterocycles. The lowest BCUT2D eigenvalue weighted by Crippen LogP contribution is -2.48. The maximum atomic E-state index is 13.2. The lowest BCUT2D eigenvalue weighted by atomic mass is 10.1. The lowest BCUT2D eigenvalue weighted by molar-refractivity contribution is 0.370. The summed E-state index contributed by atoms with van der Waals surface area (Å²) < 4.78 is 38.3. The van der Waals surface area contributed by atoms with E-state index in [1.54, 1.807) is 12.1 Å². The number of hydrogen-bond acceptors (Lipinski definition) is 5. The van der Waals surface area contributed by atoms with E-state index in [1.165, 1.54) is 41.4 Å². The molecule has 1 saturated heterocycles. The first-order valence-corrected chi connectivity index (χ1v) is 10.4. The molecule has 2 aromatic carbocycles. The van der Waals surface area contributed by atoms with E-state index >= 15 is 0 Å². The van der Waals surface area contributed by atoms with Gasteiger partial charge < -0.3 is 14.4 Å². The Morgan fingerprint density at radius 3 is 2.26 bits per heavy atom. The third-order valence-electron chi connectivity index (χ3n) is 5.14. The topological polar surface area (TPSA) is 59.1 Å². The smallest absolute Gasteiger partial charge is 0.247 e. The highest BCUT2D eigenvalue weighted by Gasteiger charge is 2.31. The first-order valence-electron chi connectivity index (χ1n) is 8.92. The largest absolute Gasteiger partial charge is 0.497 e. The van der Waals surface area contributed by atoms with Gasteiger partial charge in [0.2, 0.25) is 10.0 Å². The Bertz CT molecular complexity index is 920. The molecule has 0 radical (unpaired) electrons. The standard InChI is InChI=1S/C20H26N2O4S/c1-15-6-5-7-18(16(15)2)21-10-12-22(13-11-21)27(23,24)20-14-17(25-3)8-9-19(20)26-4/h5-9,14H,10-13H2,1-4H3. The maximum absolute atomic E-state index is 13.2. The number of anilines is 1. The number of sulfonamides is 1. The molecule has 0 atom stereocenters. The molecule has 1 heterocycles. The summed E-state index contributed by atoms with van der Waals surface area (Å²) in [6.45, 7) is 6.35. The normalized spacial score (nSPS) is 15.6. The third kappa shape index (κ3) is 3.75. The minimum Gasteiger partial charge on any atom is -0.497 e. The minimum atomic E-state index is -3.66. The van der Waals surface area contributed by atoms with Crippen LogP contribution in [-0.2, 0) is 10.0 Å². The van der Waals surface area contributed by atoms with Crippen molar-refractivity contribution < 1.29 is 17.9 Å². The fourth-order valence-electron chi connectivity index (χ4n) is 3.37. The van der Waals surface area contributed by atoms with Crippen LogP contribution in [0.15, 0.2) is 41.3 Å². The van der Waals surface area contributed by atoms with Crippen LogP contribution >= 0.6 is 0 Å². The van der Waals surface area contributed by atoms with Crippen molar-refractivity contribution in [3.8, 4) is 11.5 Å². The summed E-state index contributed by atoms with van der Waals surface area (Å²) >= 11 is 0. The fourth-order valence-corrected chi connectivity index (χ4v) is 4.97. The molecule has 0 aliphatic carbocycles. The van der Waals surface area contributed by atoms with Crippen LogP contribution in [0.2, 0.25) is 0 Å². The van der Waals surface area contributed by atoms with Crippen LogP contribution in [0.3, 0.4) is 0 Å². The second-order valence-electron chi connectivity index (χ2n) is 6.63. The number of benzene rings is 2. The second kappa shape index (κ2) is 7.78. The molecular formula is C20H26N2O4S. The molecule has 7 heteroatoms. The van der Waals surface area contributed by atoms with E-state index in [4.69, 9.17) is 9.47 Å². The van der Waals surface area contributed by atoms with Gasteiger partial charge in [0, 0.05) is 37.9 Å². The summed E-state index contributed by atoms with van der Waals surface area (Å²) in [6.07, 6.45) is 0. The minimum absolute atomic E-state index is 0.143. The molecule has 1 aliphatic rings. The number of piperazine rings is 1. The molecule has 27 heavy (non-hydrogen) atoms. The highest BCUT2D eigenvalue weighted by molar-refractivity contribution is 7.89. The predicted molar refractivity (Wildman–Crippen MR) is 106 cm³/mol. The summed E-state index contributed by atoms with van der Waals surface area (Å²) in [5, 5.41) is 0. The zero-order chi connectivity index (χ0) is 19.6. The molecule has 146 valence electrons. The molecule has 0 amide bonds. The molecule has 3 rings (SSSR count). The molecule has 1 aliphatic heterocycles. The molecule has 6 nitrogen and oxygen atoms in total. The van der Waals surface area contributed by atoms with Crippen molar-refractivity contribution in [2.24, 2.45) is 0 Å². The predicted octanol–water partition coefficient (Wildman–Crippen LogP) is 2.83. The van der Waals surface area contributed by atoms with Crippen molar-refractivity contribution in [1.82, 2.24) is 4.31 Å². The SMILES string of the molecule is COc1ccc(OC)c(S(=O)(=O)N2CCN(c3cccc(C)c3C)CC2)c1. The van der Waals surface area contributed by atoms with Gasteiger partial charge in [0.25, 0.3) is 0 Å². The summed E-state index contributed by atoms with van der Waals surface area (Å²) in [6, 6.07) is 11.1. The van der Waals surface area contributed by atoms with E-state index in [0.717, 1.165) is 0 Å². The molecule has 2 aromatic rings. The van der Waals surface area contributed by atoms with Gasteiger partial charge in [0.15, 0.2) is 0 Å². The lowest BCUT2D eigenvalue weighted by Gasteiger charge is -2.36. The summed E-state index contributed by atoms with van der Waals surface area (Å²) in [4.78, 5) is 2.39. The van der Waals surface area contributed by atoms with Crippen molar-refractivity contribution >= 4 is 15.7 Å². The van der Waals surface area contributed by atoms with Gasteiger partial charge in [-0.15, -0.1) is 0 Å². The number of rotatable bonds is 5. The molecule has 1 fully saturated rings. The average molecular weight is 391 g/mol. The van der Waals surface area contributed by atoms with Gasteiger partial charge in [-0.3, -0.25) is 0 Å². The zero-order valence-corrected chi connectivity index (χ0v) is 17.0. The van der Waals surface area contributed by atoms with Crippen LogP contribution in [0.1, 0.15) is 11.1 Å². The Morgan fingerprint density at radius 2 is 1.63 bits per heavy atom. The molecule has 0 N–H and O–H groups in total. The average Bonchev–Trinajstić information content (AvgIpc) is 2.69. The van der Waals surface area contributed by atoms with Gasteiger partial charge in [-0.2, -0.15) is 4.31 Å². The Hall–Kier alpha value is -2.25. The van der Waals surface area contributed by atoms with E-state index in [2.05, 4.69) is 30.9 Å². The third-order valence-corrected chi connectivity index (χ3v) is 7.06. The Kier molecular flexibility index (Phi) is 5.62. The highest BCUT2D eigenvalue weighted by Crippen LogP contribution is 2.32. The van der Waals surface area contributed by atoms with Gasteiger partial charge in [-0.05, 0) is 43.2 Å². The van der Waals surface area contributed by atoms with Crippen molar-refractivity contribution in [3.63, 3.8) is 0 Å². The Balaban J connectivity index is 1.82. The number of aryl methyl sites for hydroxylation is 1. The van der Waals surface area contributed by atoms with Crippen molar-refractivity contribution in [1.29, 1.82) is 0 Å². The van der Waals surface area contributed by atoms with Crippen molar-refractivity contribution in [2.45, 2.75) is 18.7 Å². The van der Waals surface area contributed by atoms with Gasteiger partial charge >= 0.3 is 0 Å². The van der Waals surface area contributed by atoms with Crippen LogP contribution < -0.4 is 14.4 Å². The molecule has 0 saturated carbocycles. The monoisotopic (exact) mass is 390 g/mol. The zero-order valence-electron chi connectivity index (χ0n) is 16.2. The van der Waals surface area contributed by atoms with Gasteiger partial charge in [-0.25, -0.2) is 8.42 Å². The molecular weight excluding hydrogens is 364 g/mol. The number of ether oxygens (including phenoxy) is 2. The molecule has 0 unspecified atom stereocenters. The first kappa shape index (κ1) is 19.5. The van der Waals surface area contributed by atoms with Crippen LogP contribution in [0.25, 0.3) is 0 Å². The van der Waals surface area contributed by atoms with Gasteiger partial charge in [-0.1, -0.05) is 12.1 Å².